The number of benzene rings is 1. The van der Waals surface area contributed by atoms with Gasteiger partial charge in [0, 0.05) is 67.5 Å². The van der Waals surface area contributed by atoms with E-state index >= 15 is 0 Å². The lowest BCUT2D eigenvalue weighted by atomic mass is 10.1. The highest BCUT2D eigenvalue weighted by molar-refractivity contribution is 7.71. The van der Waals surface area contributed by atoms with E-state index in [1.165, 1.54) is 0 Å². The molecule has 4 rings (SSSR count). The van der Waals surface area contributed by atoms with Crippen LogP contribution in [0.4, 0.5) is 5.82 Å². The maximum Gasteiger partial charge on any atom is 0.253 e. The van der Waals surface area contributed by atoms with E-state index in [9.17, 15) is 4.79 Å². The second-order valence-corrected chi connectivity index (χ2v) is 8.23. The minimum Gasteiger partial charge on any atom is -0.353 e. The zero-order valence-corrected chi connectivity index (χ0v) is 18.3. The number of nitrogens with zero attached hydrogens (tertiary/aromatic N) is 5. The number of anilines is 1. The number of aryl methyl sites for hydroxylation is 1. The van der Waals surface area contributed by atoms with Crippen LogP contribution in [0, 0.1) is 11.7 Å². The number of hydrogen-bond donors (Lipinski definition) is 1. The van der Waals surface area contributed by atoms with Crippen molar-refractivity contribution in [2.24, 2.45) is 0 Å². The van der Waals surface area contributed by atoms with Crippen molar-refractivity contribution >= 4 is 23.9 Å². The second-order valence-electron chi connectivity index (χ2n) is 7.84. The van der Waals surface area contributed by atoms with Crippen LogP contribution in [0.3, 0.4) is 0 Å². The third kappa shape index (κ3) is 4.14. The summed E-state index contributed by atoms with van der Waals surface area (Å²) < 4.78 is 2.50. The highest BCUT2D eigenvalue weighted by atomic mass is 32.1. The van der Waals surface area contributed by atoms with Crippen LogP contribution < -0.4 is 4.90 Å². The molecule has 0 radical (unpaired) electrons. The van der Waals surface area contributed by atoms with Crippen LogP contribution in [0.5, 0.6) is 0 Å². The molecule has 30 heavy (non-hydrogen) atoms. The van der Waals surface area contributed by atoms with Crippen LogP contribution in [-0.2, 0) is 0 Å². The fourth-order valence-corrected chi connectivity index (χ4v) is 3.84. The van der Waals surface area contributed by atoms with E-state index in [-0.39, 0.29) is 11.8 Å². The molecule has 0 bridgehead atoms. The van der Waals surface area contributed by atoms with Crippen molar-refractivity contribution in [1.29, 1.82) is 0 Å². The van der Waals surface area contributed by atoms with Gasteiger partial charge in [-0.25, -0.2) is 9.97 Å². The van der Waals surface area contributed by atoms with E-state index in [1.54, 1.807) is 6.20 Å². The Hall–Kier alpha value is -3.00. The number of carbonyl (C=O) groups is 1. The predicted molar refractivity (Wildman–Crippen MR) is 120 cm³/mol. The minimum absolute atomic E-state index is 0.0561. The zero-order valence-electron chi connectivity index (χ0n) is 17.5. The monoisotopic (exact) mass is 422 g/mol. The third-order valence-corrected chi connectivity index (χ3v) is 5.62. The van der Waals surface area contributed by atoms with Gasteiger partial charge in [-0.2, -0.15) is 0 Å². The van der Waals surface area contributed by atoms with Crippen molar-refractivity contribution < 1.29 is 4.79 Å². The SMILES string of the molecule is Cc1cc(N2CCN(C(=O)c3ccc(-n4cc[nH]c4=S)cc3)CC2)nc(C(C)C)n1. The summed E-state index contributed by atoms with van der Waals surface area (Å²) in [5.74, 6) is 2.16. The summed E-state index contributed by atoms with van der Waals surface area (Å²) in [6.45, 7) is 9.07. The quantitative estimate of drug-likeness (QED) is 0.649. The molecular weight excluding hydrogens is 396 g/mol. The van der Waals surface area contributed by atoms with Crippen LogP contribution in [0.25, 0.3) is 5.69 Å². The molecule has 3 aromatic rings. The van der Waals surface area contributed by atoms with E-state index in [4.69, 9.17) is 17.2 Å². The largest absolute Gasteiger partial charge is 0.353 e. The van der Waals surface area contributed by atoms with Gasteiger partial charge in [0.2, 0.25) is 0 Å². The van der Waals surface area contributed by atoms with Crippen LogP contribution >= 0.6 is 12.2 Å². The molecule has 0 unspecified atom stereocenters. The Labute approximate surface area is 181 Å². The summed E-state index contributed by atoms with van der Waals surface area (Å²) in [6.07, 6.45) is 3.67. The topological polar surface area (TPSA) is 70.0 Å². The average molecular weight is 423 g/mol. The van der Waals surface area contributed by atoms with Gasteiger partial charge in [-0.15, -0.1) is 0 Å². The van der Waals surface area contributed by atoms with Gasteiger partial charge in [-0.3, -0.25) is 9.36 Å². The molecule has 156 valence electrons. The van der Waals surface area contributed by atoms with Gasteiger partial charge in [0.05, 0.1) is 0 Å². The fourth-order valence-electron chi connectivity index (χ4n) is 3.60. The first kappa shape index (κ1) is 20.3. The van der Waals surface area contributed by atoms with Crippen molar-refractivity contribution in [3.8, 4) is 5.69 Å². The highest BCUT2D eigenvalue weighted by Gasteiger charge is 2.23. The van der Waals surface area contributed by atoms with Crippen molar-refractivity contribution in [2.75, 3.05) is 31.1 Å². The van der Waals surface area contributed by atoms with Crippen LogP contribution in [-0.4, -0.2) is 56.5 Å². The third-order valence-electron chi connectivity index (χ3n) is 5.31. The highest BCUT2D eigenvalue weighted by Crippen LogP contribution is 2.20. The Balaban J connectivity index is 1.42. The Morgan fingerprint density at radius 1 is 1.10 bits per heavy atom. The molecule has 8 heteroatoms. The molecule has 1 aliphatic heterocycles. The van der Waals surface area contributed by atoms with Gasteiger partial charge in [0.1, 0.15) is 11.6 Å². The molecular formula is C22H26N6OS. The van der Waals surface area contributed by atoms with Gasteiger partial charge in [-0.1, -0.05) is 13.8 Å². The van der Waals surface area contributed by atoms with Gasteiger partial charge in [-0.05, 0) is 43.4 Å². The number of amides is 1. The normalized spacial score (nSPS) is 14.4. The number of carbonyl (C=O) groups excluding carboxylic acids is 1. The van der Waals surface area contributed by atoms with Crippen molar-refractivity contribution in [3.63, 3.8) is 0 Å². The number of piperazine rings is 1. The first-order chi connectivity index (χ1) is 14.4. The van der Waals surface area contributed by atoms with E-state index < -0.39 is 0 Å². The van der Waals surface area contributed by atoms with E-state index in [0.717, 1.165) is 36.1 Å². The smallest absolute Gasteiger partial charge is 0.253 e. The van der Waals surface area contributed by atoms with Gasteiger partial charge in [0.15, 0.2) is 4.77 Å². The maximum atomic E-state index is 13.0. The van der Waals surface area contributed by atoms with Crippen molar-refractivity contribution in [3.05, 3.63) is 64.6 Å². The van der Waals surface area contributed by atoms with Crippen LogP contribution in [0.1, 0.15) is 41.6 Å². The number of rotatable bonds is 4. The minimum atomic E-state index is 0.0561. The molecule has 1 fully saturated rings. The maximum absolute atomic E-state index is 13.0. The first-order valence-electron chi connectivity index (χ1n) is 10.2. The standard InChI is InChI=1S/C22H26N6OS/c1-15(2)20-24-16(3)14-19(25-20)26-10-12-27(13-11-26)21(29)17-4-6-18(7-5-17)28-9-8-23-22(28)30/h4-9,14-15H,10-13H2,1-3H3,(H,23,30). The summed E-state index contributed by atoms with van der Waals surface area (Å²) in [5, 5.41) is 0. The van der Waals surface area contributed by atoms with Crippen LogP contribution in [0.2, 0.25) is 0 Å². The average Bonchev–Trinajstić information content (AvgIpc) is 3.19. The first-order valence-corrected chi connectivity index (χ1v) is 10.6. The molecule has 1 aliphatic rings. The summed E-state index contributed by atoms with van der Waals surface area (Å²) in [7, 11) is 0. The lowest BCUT2D eigenvalue weighted by molar-refractivity contribution is 0.0746. The predicted octanol–water partition coefficient (Wildman–Crippen LogP) is 3.72. The van der Waals surface area contributed by atoms with Gasteiger partial charge >= 0.3 is 0 Å². The lowest BCUT2D eigenvalue weighted by Gasteiger charge is -2.35. The molecule has 7 nitrogen and oxygen atoms in total. The molecule has 0 spiro atoms. The van der Waals surface area contributed by atoms with E-state index in [0.29, 0.717) is 23.4 Å². The summed E-state index contributed by atoms with van der Waals surface area (Å²) >= 11 is 5.25. The lowest BCUT2D eigenvalue weighted by Crippen LogP contribution is -2.49. The van der Waals surface area contributed by atoms with Gasteiger partial charge < -0.3 is 14.8 Å². The molecule has 1 aromatic carbocycles. The number of aromatic nitrogens is 4. The van der Waals surface area contributed by atoms with Crippen LogP contribution in [0.15, 0.2) is 42.7 Å². The summed E-state index contributed by atoms with van der Waals surface area (Å²) in [4.78, 5) is 29.3. The molecule has 0 saturated carbocycles. The number of nitrogens with one attached hydrogen (secondary N) is 1. The Morgan fingerprint density at radius 3 is 2.40 bits per heavy atom. The molecule has 0 aliphatic carbocycles. The Kier molecular flexibility index (Phi) is 5.67. The molecule has 2 aromatic heterocycles. The fraction of sp³-hybridized carbons (Fsp3) is 0.364. The molecule has 3 heterocycles. The molecule has 1 saturated heterocycles. The molecule has 0 atom stereocenters. The van der Waals surface area contributed by atoms with Gasteiger partial charge in [0.25, 0.3) is 5.91 Å². The zero-order chi connectivity index (χ0) is 21.3. The number of aromatic amines is 1. The molecule has 1 amide bonds. The molecule has 1 N–H and O–H groups in total. The summed E-state index contributed by atoms with van der Waals surface area (Å²) in [6, 6.07) is 9.59. The van der Waals surface area contributed by atoms with Crippen molar-refractivity contribution in [1.82, 2.24) is 24.4 Å². The van der Waals surface area contributed by atoms with E-state index in [1.807, 2.05) is 52.9 Å². The summed E-state index contributed by atoms with van der Waals surface area (Å²) in [5.41, 5.74) is 2.60. The second kappa shape index (κ2) is 8.39. The number of imidazole rings is 1. The number of H-pyrrole nitrogens is 1. The Morgan fingerprint density at radius 2 is 1.80 bits per heavy atom. The number of hydrogen-bond acceptors (Lipinski definition) is 5. The Bertz CT molecular complexity index is 1090. The van der Waals surface area contributed by atoms with E-state index in [2.05, 4.69) is 28.7 Å². The van der Waals surface area contributed by atoms with Crippen molar-refractivity contribution in [2.45, 2.75) is 26.7 Å².